The summed E-state index contributed by atoms with van der Waals surface area (Å²) in [4.78, 5) is 7.00. The van der Waals surface area contributed by atoms with E-state index in [1.807, 2.05) is 48.5 Å². The van der Waals surface area contributed by atoms with E-state index >= 15 is 26.3 Å². The number of halogens is 6. The van der Waals surface area contributed by atoms with Gasteiger partial charge in [0.05, 0.1) is 81.0 Å². The minimum Gasteiger partial charge on any atom is -0.309 e. The van der Waals surface area contributed by atoms with Gasteiger partial charge in [0, 0.05) is 21.5 Å². The predicted molar refractivity (Wildman–Crippen MR) is 294 cm³/mol. The third-order valence-corrected chi connectivity index (χ3v) is 14.3. The molecule has 0 saturated carbocycles. The Labute approximate surface area is 442 Å². The Morgan fingerprint density at radius 3 is 0.821 bits per heavy atom. The molecule has 0 N–H and O–H groups in total. The fourth-order valence-corrected chi connectivity index (χ4v) is 10.5. The van der Waals surface area contributed by atoms with Gasteiger partial charge in [0.15, 0.2) is 11.4 Å². The molecule has 0 saturated heterocycles. The Balaban J connectivity index is 1.12. The molecule has 0 spiro atoms. The molecule has 0 atom stereocenters. The molecule has 10 aromatic carbocycles. The third kappa shape index (κ3) is 8.41. The maximum absolute atomic E-state index is 15.7. The van der Waals surface area contributed by atoms with Crippen molar-refractivity contribution in [1.82, 2.24) is 9.13 Å². The van der Waals surface area contributed by atoms with Gasteiger partial charge in [-0.15, -0.1) is 0 Å². The van der Waals surface area contributed by atoms with Crippen molar-refractivity contribution in [3.05, 3.63) is 251 Å². The molecule has 0 unspecified atom stereocenters. The minimum absolute atomic E-state index is 0.205. The SMILES string of the molecule is [C-]#[N+]c1ccc(-c2ccc3c4ccc(-c5ccc(C#N)cc5)cc4n(-c4cc(-c5ccc(C(F)(F)F)c(-n6c7cc(-c8ccc(C#N)cc8)ccc7c7ccc(-c8ccc([N+]#[C-])cc8)cc76)c5)ccc4C(F)(F)F)c3c2)cc1. The largest absolute Gasteiger partial charge is 0.418 e. The van der Waals surface area contributed by atoms with Crippen molar-refractivity contribution in [3.63, 3.8) is 0 Å². The van der Waals surface area contributed by atoms with Crippen molar-refractivity contribution in [2.75, 3.05) is 0 Å². The summed E-state index contributed by atoms with van der Waals surface area (Å²) in [7, 11) is 0. The lowest BCUT2D eigenvalue weighted by Gasteiger charge is -2.20. The van der Waals surface area contributed by atoms with Crippen LogP contribution < -0.4 is 0 Å². The Morgan fingerprint density at radius 1 is 0.321 bits per heavy atom. The van der Waals surface area contributed by atoms with Crippen molar-refractivity contribution in [2.24, 2.45) is 0 Å². The molecule has 370 valence electrons. The fraction of sp³-hybridized carbons (Fsp3) is 0.0303. The molecule has 0 amide bonds. The van der Waals surface area contributed by atoms with Crippen molar-refractivity contribution < 1.29 is 26.3 Å². The van der Waals surface area contributed by atoms with Crippen LogP contribution in [0.25, 0.3) is 120 Å². The average molecular weight is 1030 g/mol. The fourth-order valence-electron chi connectivity index (χ4n) is 10.5. The number of benzene rings is 10. The van der Waals surface area contributed by atoms with E-state index in [-0.39, 0.29) is 22.5 Å². The number of nitrogens with zero attached hydrogens (tertiary/aromatic N) is 6. The molecule has 12 rings (SSSR count). The van der Waals surface area contributed by atoms with Crippen LogP contribution >= 0.6 is 0 Å². The highest BCUT2D eigenvalue weighted by Crippen LogP contribution is 2.46. The molecule has 78 heavy (non-hydrogen) atoms. The molecule has 12 heteroatoms. The maximum Gasteiger partial charge on any atom is 0.418 e. The Kier molecular flexibility index (Phi) is 11.5. The maximum atomic E-state index is 15.7. The first-order valence-corrected chi connectivity index (χ1v) is 24.3. The lowest BCUT2D eigenvalue weighted by Crippen LogP contribution is -2.12. The van der Waals surface area contributed by atoms with Gasteiger partial charge < -0.3 is 9.13 Å². The Hall–Kier alpha value is -10.7. The monoisotopic (exact) mass is 1020 g/mol. The van der Waals surface area contributed by atoms with Gasteiger partial charge in [-0.1, -0.05) is 133 Å². The van der Waals surface area contributed by atoms with Crippen LogP contribution in [-0.4, -0.2) is 9.13 Å². The molecular formula is C66H34F6N6. The highest BCUT2D eigenvalue weighted by molar-refractivity contribution is 6.13. The molecule has 0 aliphatic rings. The van der Waals surface area contributed by atoms with Crippen LogP contribution in [-0.2, 0) is 12.4 Å². The van der Waals surface area contributed by atoms with Crippen LogP contribution in [0.1, 0.15) is 22.3 Å². The smallest absolute Gasteiger partial charge is 0.309 e. The van der Waals surface area contributed by atoms with Crippen molar-refractivity contribution in [1.29, 1.82) is 10.5 Å². The van der Waals surface area contributed by atoms with E-state index in [1.165, 1.54) is 24.3 Å². The van der Waals surface area contributed by atoms with E-state index in [1.54, 1.807) is 130 Å². The molecule has 0 aliphatic heterocycles. The third-order valence-electron chi connectivity index (χ3n) is 14.3. The summed E-state index contributed by atoms with van der Waals surface area (Å²) in [6.45, 7) is 14.9. The second-order valence-corrected chi connectivity index (χ2v) is 18.8. The van der Waals surface area contributed by atoms with E-state index in [4.69, 9.17) is 13.1 Å². The van der Waals surface area contributed by atoms with Crippen LogP contribution in [0.2, 0.25) is 0 Å². The van der Waals surface area contributed by atoms with E-state index in [0.29, 0.717) is 88.4 Å². The quantitative estimate of drug-likeness (QED) is 0.118. The first-order chi connectivity index (χ1) is 37.7. The number of fused-ring (bicyclic) bond motifs is 6. The van der Waals surface area contributed by atoms with Gasteiger partial charge in [0.25, 0.3) is 0 Å². The molecule has 12 aromatic rings. The van der Waals surface area contributed by atoms with E-state index in [0.717, 1.165) is 34.4 Å². The summed E-state index contributed by atoms with van der Waals surface area (Å²) in [6.07, 6.45) is -9.80. The highest BCUT2D eigenvalue weighted by atomic mass is 19.4. The normalized spacial score (nSPS) is 11.7. The van der Waals surface area contributed by atoms with Gasteiger partial charge in [0.1, 0.15) is 0 Å². The zero-order valence-electron chi connectivity index (χ0n) is 40.6. The van der Waals surface area contributed by atoms with Crippen LogP contribution in [0.4, 0.5) is 37.7 Å². The molecule has 0 radical (unpaired) electrons. The van der Waals surface area contributed by atoms with Crippen LogP contribution in [0.15, 0.2) is 206 Å². The number of nitriles is 2. The minimum atomic E-state index is -4.90. The van der Waals surface area contributed by atoms with Gasteiger partial charge in [0.2, 0.25) is 0 Å². The van der Waals surface area contributed by atoms with Gasteiger partial charge in [-0.05, 0) is 128 Å². The number of rotatable bonds is 7. The van der Waals surface area contributed by atoms with Gasteiger partial charge >= 0.3 is 12.4 Å². The zero-order chi connectivity index (χ0) is 54.0. The molecule has 0 aliphatic carbocycles. The molecular weight excluding hydrogens is 991 g/mol. The second-order valence-electron chi connectivity index (χ2n) is 18.8. The number of hydrogen-bond donors (Lipinski definition) is 0. The van der Waals surface area contributed by atoms with Gasteiger partial charge in [-0.3, -0.25) is 0 Å². The van der Waals surface area contributed by atoms with Crippen molar-refractivity contribution >= 4 is 55.0 Å². The standard InChI is InChI=1S/C66H34F6N6/c1-75-51-21-11-43(12-22-51)47-17-27-55-53-25-15-45(41-7-3-39(37-73)4-8-41)31-59(53)77(61(55)33-47)63-35-49(19-29-57(63)65(67,68)69)50-20-30-58(66(70,71)72)64(36-50)78-60-32-46(42-9-5-40(38-74)6-10-42)16-26-54(60)56-28-18-48(34-62(56)78)44-13-23-52(76-2)24-14-44/h3-36H. The van der Waals surface area contributed by atoms with E-state index < -0.39 is 23.5 Å². The van der Waals surface area contributed by atoms with E-state index in [2.05, 4.69) is 21.8 Å². The topological polar surface area (TPSA) is 66.2 Å². The highest BCUT2D eigenvalue weighted by Gasteiger charge is 2.37. The summed E-state index contributed by atoms with van der Waals surface area (Å²) >= 11 is 0. The molecule has 0 bridgehead atoms. The van der Waals surface area contributed by atoms with Gasteiger partial charge in [-0.25, -0.2) is 9.69 Å². The molecule has 0 fully saturated rings. The average Bonchev–Trinajstić information content (AvgIpc) is 4.10. The van der Waals surface area contributed by atoms with Gasteiger partial charge in [-0.2, -0.15) is 36.9 Å². The van der Waals surface area contributed by atoms with E-state index in [9.17, 15) is 10.5 Å². The summed E-state index contributed by atoms with van der Waals surface area (Å²) < 4.78 is 97.3. The lowest BCUT2D eigenvalue weighted by atomic mass is 9.98. The number of alkyl halides is 6. The van der Waals surface area contributed by atoms with Crippen molar-refractivity contribution in [2.45, 2.75) is 12.4 Å². The Morgan fingerprint density at radius 2 is 0.564 bits per heavy atom. The Bertz CT molecular complexity index is 4070. The van der Waals surface area contributed by atoms with Crippen LogP contribution in [0.3, 0.4) is 0 Å². The lowest BCUT2D eigenvalue weighted by molar-refractivity contribution is -0.138. The number of hydrogen-bond acceptors (Lipinski definition) is 2. The summed E-state index contributed by atoms with van der Waals surface area (Å²) in [5, 5.41) is 21.6. The number of aromatic nitrogens is 2. The molecule has 6 nitrogen and oxygen atoms in total. The predicted octanol–water partition coefficient (Wildman–Crippen LogP) is 19.1. The van der Waals surface area contributed by atoms with Crippen LogP contribution in [0, 0.1) is 35.8 Å². The summed E-state index contributed by atoms with van der Waals surface area (Å²) in [5.74, 6) is 0. The zero-order valence-corrected chi connectivity index (χ0v) is 40.6. The molecule has 2 aromatic heterocycles. The second kappa shape index (κ2) is 18.6. The molecule has 2 heterocycles. The first-order valence-electron chi connectivity index (χ1n) is 24.3. The first kappa shape index (κ1) is 48.3. The van der Waals surface area contributed by atoms with Crippen molar-refractivity contribution in [3.8, 4) is 79.1 Å². The summed E-state index contributed by atoms with van der Waals surface area (Å²) in [5.41, 5.74) is 6.86. The van der Waals surface area contributed by atoms with Crippen LogP contribution in [0.5, 0.6) is 0 Å². The summed E-state index contributed by atoms with van der Waals surface area (Å²) in [6, 6.07) is 61.0.